The van der Waals surface area contributed by atoms with E-state index in [1.54, 1.807) is 0 Å². The second kappa shape index (κ2) is 5.93. The van der Waals surface area contributed by atoms with E-state index in [2.05, 4.69) is 31.3 Å². The average Bonchev–Trinajstić information content (AvgIpc) is 3.20. The number of amides is 1. The lowest BCUT2D eigenvalue weighted by Gasteiger charge is -2.19. The highest BCUT2D eigenvalue weighted by atomic mass is 79.9. The van der Waals surface area contributed by atoms with Crippen LogP contribution in [0, 0.1) is 0 Å². The molecule has 1 amide bonds. The van der Waals surface area contributed by atoms with Gasteiger partial charge in [-0.2, -0.15) is 4.80 Å². The number of carbonyl (C=O) groups is 1. The normalized spacial score (nSPS) is 14.2. The van der Waals surface area contributed by atoms with Gasteiger partial charge >= 0.3 is 0 Å². The van der Waals surface area contributed by atoms with Crippen molar-refractivity contribution in [3.8, 4) is 11.4 Å². The van der Waals surface area contributed by atoms with Crippen LogP contribution < -0.4 is 0 Å². The van der Waals surface area contributed by atoms with Gasteiger partial charge in [-0.1, -0.05) is 15.9 Å². The highest BCUT2D eigenvalue weighted by Crippen LogP contribution is 2.26. The highest BCUT2D eigenvalue weighted by Gasteiger charge is 2.31. The molecule has 21 heavy (non-hydrogen) atoms. The zero-order valence-corrected chi connectivity index (χ0v) is 13.3. The molecule has 0 N–H and O–H groups in total. The van der Waals surface area contributed by atoms with Gasteiger partial charge in [0.2, 0.25) is 11.7 Å². The van der Waals surface area contributed by atoms with Gasteiger partial charge in [-0.05, 0) is 49.2 Å². The minimum atomic E-state index is 0.0553. The van der Waals surface area contributed by atoms with Gasteiger partial charge in [-0.3, -0.25) is 4.79 Å². The summed E-state index contributed by atoms with van der Waals surface area (Å²) in [6, 6.07) is 8.09. The highest BCUT2D eigenvalue weighted by molar-refractivity contribution is 9.10. The van der Waals surface area contributed by atoms with E-state index in [9.17, 15) is 4.79 Å². The van der Waals surface area contributed by atoms with E-state index in [1.807, 2.05) is 36.1 Å². The van der Waals surface area contributed by atoms with Gasteiger partial charge in [0, 0.05) is 22.6 Å². The molecule has 0 spiro atoms. The number of benzene rings is 1. The predicted molar refractivity (Wildman–Crippen MR) is 81.4 cm³/mol. The van der Waals surface area contributed by atoms with Crippen molar-refractivity contribution in [2.75, 3.05) is 6.54 Å². The number of rotatable bonds is 5. The van der Waals surface area contributed by atoms with Crippen LogP contribution >= 0.6 is 15.9 Å². The third kappa shape index (κ3) is 3.29. The Balaban J connectivity index is 1.70. The van der Waals surface area contributed by atoms with Crippen LogP contribution in [0.5, 0.6) is 0 Å². The Hall–Kier alpha value is -1.76. The maximum Gasteiger partial charge on any atom is 0.246 e. The van der Waals surface area contributed by atoms with Gasteiger partial charge < -0.3 is 4.90 Å². The Bertz CT molecular complexity index is 635. The molecule has 2 aromatic rings. The summed E-state index contributed by atoms with van der Waals surface area (Å²) in [5.41, 5.74) is 0.881. The quantitative estimate of drug-likeness (QED) is 0.829. The van der Waals surface area contributed by atoms with E-state index in [1.165, 1.54) is 4.80 Å². The molecule has 0 atom stereocenters. The molecule has 7 heteroatoms. The summed E-state index contributed by atoms with van der Waals surface area (Å²) >= 11 is 3.39. The molecule has 1 saturated carbocycles. The lowest BCUT2D eigenvalue weighted by Crippen LogP contribution is -2.36. The molecule has 0 saturated heterocycles. The predicted octanol–water partition coefficient (Wildman–Crippen LogP) is 2.11. The average molecular weight is 350 g/mol. The van der Waals surface area contributed by atoms with Gasteiger partial charge in [-0.15, -0.1) is 10.2 Å². The fourth-order valence-electron chi connectivity index (χ4n) is 2.26. The second-order valence-corrected chi connectivity index (χ2v) is 5.98. The molecule has 6 nitrogen and oxygen atoms in total. The lowest BCUT2D eigenvalue weighted by molar-refractivity contribution is -0.132. The fraction of sp³-hybridized carbons (Fsp3) is 0.429. The molecule has 1 aromatic heterocycles. The standard InChI is InChI=1S/C14H16BrN5O/c1-2-19(12-7-8-12)13(21)9-20-17-14(16-18-20)10-3-5-11(15)6-4-10/h3-6,12H,2,7-9H2,1H3. The van der Waals surface area contributed by atoms with Crippen LogP contribution in [0.2, 0.25) is 0 Å². The number of nitrogens with zero attached hydrogens (tertiary/aromatic N) is 5. The van der Waals surface area contributed by atoms with Gasteiger partial charge in [-0.25, -0.2) is 0 Å². The molecule has 1 aromatic carbocycles. The molecule has 0 unspecified atom stereocenters. The molecule has 0 radical (unpaired) electrons. The summed E-state index contributed by atoms with van der Waals surface area (Å²) in [5.74, 6) is 0.588. The van der Waals surface area contributed by atoms with Crippen LogP contribution in [0.15, 0.2) is 28.7 Å². The van der Waals surface area contributed by atoms with E-state index in [4.69, 9.17) is 0 Å². The van der Waals surface area contributed by atoms with Crippen LogP contribution in [0.25, 0.3) is 11.4 Å². The third-order valence-corrected chi connectivity index (χ3v) is 4.01. The topological polar surface area (TPSA) is 63.9 Å². The fourth-order valence-corrected chi connectivity index (χ4v) is 2.53. The molecule has 1 aliphatic carbocycles. The molecule has 0 bridgehead atoms. The molecule has 110 valence electrons. The van der Waals surface area contributed by atoms with E-state index in [-0.39, 0.29) is 12.5 Å². The molecule has 0 aliphatic heterocycles. The maximum absolute atomic E-state index is 12.2. The number of halogens is 1. The largest absolute Gasteiger partial charge is 0.338 e. The van der Waals surface area contributed by atoms with Crippen molar-refractivity contribution >= 4 is 21.8 Å². The van der Waals surface area contributed by atoms with E-state index in [0.29, 0.717) is 11.9 Å². The van der Waals surface area contributed by atoms with Crippen molar-refractivity contribution < 1.29 is 4.79 Å². The Kier molecular flexibility index (Phi) is 4.01. The Morgan fingerprint density at radius 3 is 2.71 bits per heavy atom. The van der Waals surface area contributed by atoms with Gasteiger partial charge in [0.25, 0.3) is 0 Å². The van der Waals surface area contributed by atoms with Crippen molar-refractivity contribution in [2.45, 2.75) is 32.4 Å². The van der Waals surface area contributed by atoms with Crippen molar-refractivity contribution in [2.24, 2.45) is 0 Å². The first-order valence-corrected chi connectivity index (χ1v) is 7.80. The molecule has 1 aliphatic rings. The van der Waals surface area contributed by atoms with Crippen LogP contribution in [0.3, 0.4) is 0 Å². The van der Waals surface area contributed by atoms with E-state index >= 15 is 0 Å². The van der Waals surface area contributed by atoms with Crippen molar-refractivity contribution in [1.82, 2.24) is 25.1 Å². The van der Waals surface area contributed by atoms with Crippen LogP contribution in [-0.4, -0.2) is 43.6 Å². The number of aromatic nitrogens is 4. The zero-order chi connectivity index (χ0) is 14.8. The SMILES string of the molecule is CCN(C(=O)Cn1nnc(-c2ccc(Br)cc2)n1)C1CC1. The summed E-state index contributed by atoms with van der Waals surface area (Å²) in [5, 5.41) is 12.3. The summed E-state index contributed by atoms with van der Waals surface area (Å²) in [4.78, 5) is 15.5. The van der Waals surface area contributed by atoms with Crippen molar-refractivity contribution in [3.05, 3.63) is 28.7 Å². The molecule has 1 fully saturated rings. The Morgan fingerprint density at radius 2 is 2.10 bits per heavy atom. The summed E-state index contributed by atoms with van der Waals surface area (Å²) in [6.45, 7) is 2.88. The Labute approximate surface area is 131 Å². The number of likely N-dealkylation sites (N-methyl/N-ethyl adjacent to an activating group) is 1. The van der Waals surface area contributed by atoms with Crippen molar-refractivity contribution in [1.29, 1.82) is 0 Å². The van der Waals surface area contributed by atoms with Crippen LogP contribution in [-0.2, 0) is 11.3 Å². The monoisotopic (exact) mass is 349 g/mol. The third-order valence-electron chi connectivity index (χ3n) is 3.48. The summed E-state index contributed by atoms with van der Waals surface area (Å²) in [7, 11) is 0. The maximum atomic E-state index is 12.2. The van der Waals surface area contributed by atoms with Crippen LogP contribution in [0.4, 0.5) is 0 Å². The van der Waals surface area contributed by atoms with E-state index < -0.39 is 0 Å². The van der Waals surface area contributed by atoms with Crippen molar-refractivity contribution in [3.63, 3.8) is 0 Å². The van der Waals surface area contributed by atoms with Gasteiger partial charge in [0.1, 0.15) is 6.54 Å². The number of hydrogen-bond acceptors (Lipinski definition) is 4. The van der Waals surface area contributed by atoms with Gasteiger partial charge in [0.05, 0.1) is 0 Å². The molecule has 1 heterocycles. The minimum absolute atomic E-state index is 0.0553. The smallest absolute Gasteiger partial charge is 0.246 e. The lowest BCUT2D eigenvalue weighted by atomic mass is 10.2. The Morgan fingerprint density at radius 1 is 1.38 bits per heavy atom. The second-order valence-electron chi connectivity index (χ2n) is 5.06. The first kappa shape index (κ1) is 14.2. The number of tetrazole rings is 1. The summed E-state index contributed by atoms with van der Waals surface area (Å²) in [6.07, 6.45) is 2.21. The molecular formula is C14H16BrN5O. The first-order chi connectivity index (χ1) is 10.2. The van der Waals surface area contributed by atoms with Crippen LogP contribution in [0.1, 0.15) is 19.8 Å². The van der Waals surface area contributed by atoms with Gasteiger partial charge in [0.15, 0.2) is 0 Å². The molecular weight excluding hydrogens is 334 g/mol. The number of carbonyl (C=O) groups excluding carboxylic acids is 1. The minimum Gasteiger partial charge on any atom is -0.338 e. The zero-order valence-electron chi connectivity index (χ0n) is 11.7. The first-order valence-electron chi connectivity index (χ1n) is 7.00. The number of hydrogen-bond donors (Lipinski definition) is 0. The molecule has 3 rings (SSSR count). The van der Waals surface area contributed by atoms with E-state index in [0.717, 1.165) is 29.4 Å². The summed E-state index contributed by atoms with van der Waals surface area (Å²) < 4.78 is 0.997.